The van der Waals surface area contributed by atoms with Gasteiger partial charge in [-0.1, -0.05) is 0 Å². The lowest BCUT2D eigenvalue weighted by atomic mass is 10.1. The Morgan fingerprint density at radius 2 is 1.63 bits per heavy atom. The molecule has 0 aliphatic rings. The number of esters is 1. The van der Waals surface area contributed by atoms with Crippen molar-refractivity contribution >= 4 is 16.0 Å². The van der Waals surface area contributed by atoms with E-state index in [9.17, 15) is 4.79 Å². The molecule has 1 heterocycles. The van der Waals surface area contributed by atoms with Gasteiger partial charge in [-0.3, -0.25) is 4.68 Å². The fourth-order valence-electron chi connectivity index (χ4n) is 2.58. The molecule has 8 heteroatoms. The summed E-state index contributed by atoms with van der Waals surface area (Å²) in [5.41, 5.74) is 1.30. The fraction of sp³-hybridized carbons (Fsp3) is 0.474. The molecule has 0 aliphatic heterocycles. The van der Waals surface area contributed by atoms with Crippen molar-refractivity contribution < 1.29 is 23.7 Å². The first-order valence-corrected chi connectivity index (χ1v) is 11.3. The van der Waals surface area contributed by atoms with E-state index in [-0.39, 0.29) is 5.97 Å². The summed E-state index contributed by atoms with van der Waals surface area (Å²) in [6, 6.07) is 5.52. The van der Waals surface area contributed by atoms with E-state index in [4.69, 9.17) is 18.9 Å². The molecule has 1 aromatic heterocycles. The van der Waals surface area contributed by atoms with Gasteiger partial charge >= 0.3 is 5.97 Å². The predicted octanol–water partition coefficient (Wildman–Crippen LogP) is 3.19. The largest absolute Gasteiger partial charge is 0.493 e. The lowest BCUT2D eigenvalue weighted by Crippen LogP contribution is -2.14. The van der Waals surface area contributed by atoms with Crippen LogP contribution in [0, 0.1) is 0 Å². The van der Waals surface area contributed by atoms with Crippen LogP contribution < -0.4 is 14.2 Å². The summed E-state index contributed by atoms with van der Waals surface area (Å²) in [5.74, 6) is 1.25. The van der Waals surface area contributed by atoms with Crippen molar-refractivity contribution in [2.45, 2.75) is 18.5 Å². The first-order chi connectivity index (χ1) is 12.7. The third-order valence-corrected chi connectivity index (χ3v) is 5.38. The molecule has 0 amide bonds. The van der Waals surface area contributed by atoms with Crippen LogP contribution in [0.1, 0.15) is 23.0 Å². The van der Waals surface area contributed by atoms with E-state index in [1.807, 2.05) is 18.2 Å². The van der Waals surface area contributed by atoms with Crippen molar-refractivity contribution in [1.29, 1.82) is 0 Å². The smallest absolute Gasteiger partial charge is 0.356 e. The number of rotatable bonds is 8. The van der Waals surface area contributed by atoms with Crippen LogP contribution in [-0.4, -0.2) is 62.5 Å². The zero-order valence-electron chi connectivity index (χ0n) is 17.0. The second-order valence-electron chi connectivity index (χ2n) is 6.62. The number of hydrogen-bond donors (Lipinski definition) is 0. The molecule has 2 aromatic rings. The molecule has 0 unspecified atom stereocenters. The van der Waals surface area contributed by atoms with Crippen molar-refractivity contribution in [3.05, 3.63) is 29.5 Å². The molecule has 0 radical (unpaired) electrons. The monoisotopic (exact) mass is 396 g/mol. The number of ether oxygens (including phenoxy) is 4. The highest BCUT2D eigenvalue weighted by Crippen LogP contribution is 2.44. The Balaban J connectivity index is 2.49. The topological polar surface area (TPSA) is 71.8 Å². The van der Waals surface area contributed by atoms with Gasteiger partial charge in [-0.2, -0.15) is 5.10 Å². The summed E-state index contributed by atoms with van der Waals surface area (Å²) in [6.07, 6.45) is 6.40. The number of aromatic nitrogens is 2. The predicted molar refractivity (Wildman–Crippen MR) is 107 cm³/mol. The van der Waals surface area contributed by atoms with Crippen LogP contribution >= 0.6 is 10.0 Å². The summed E-state index contributed by atoms with van der Waals surface area (Å²) in [6.45, 7) is 2.47. The van der Waals surface area contributed by atoms with Crippen molar-refractivity contribution in [2.24, 2.45) is 0 Å². The Labute approximate surface area is 161 Å². The van der Waals surface area contributed by atoms with Crippen LogP contribution in [0.2, 0.25) is 0 Å². The number of nitrogens with zero attached hydrogens (tertiary/aromatic N) is 2. The average Bonchev–Trinajstić information content (AvgIpc) is 3.05. The Morgan fingerprint density at radius 3 is 2.07 bits per heavy atom. The first kappa shape index (κ1) is 21.0. The molecule has 0 spiro atoms. The minimum absolute atomic E-state index is 0.311. The number of carbonyl (C=O) groups excluding carboxylic acids is 1. The zero-order chi connectivity index (χ0) is 20.2. The molecule has 0 N–H and O–H groups in total. The summed E-state index contributed by atoms with van der Waals surface area (Å²) in [4.78, 5) is 12.4. The Bertz CT molecular complexity index is 786. The van der Waals surface area contributed by atoms with E-state index in [1.54, 1.807) is 32.9 Å². The number of hydrogen-bond acceptors (Lipinski definition) is 6. The highest BCUT2D eigenvalue weighted by atomic mass is 32.3. The minimum atomic E-state index is -1.09. The van der Waals surface area contributed by atoms with E-state index in [2.05, 4.69) is 23.9 Å². The molecule has 0 saturated heterocycles. The molecule has 7 nitrogen and oxygen atoms in total. The van der Waals surface area contributed by atoms with Gasteiger partial charge in [0.2, 0.25) is 5.75 Å². The number of methoxy groups -OCH3 is 3. The second kappa shape index (κ2) is 8.56. The molecular formula is C19H28N2O5S. The molecule has 0 atom stereocenters. The third-order valence-electron chi connectivity index (χ3n) is 3.93. The van der Waals surface area contributed by atoms with E-state index >= 15 is 0 Å². The molecular weight excluding hydrogens is 368 g/mol. The summed E-state index contributed by atoms with van der Waals surface area (Å²) < 4.78 is 23.1. The third kappa shape index (κ3) is 4.68. The van der Waals surface area contributed by atoms with Gasteiger partial charge in [0, 0.05) is 6.07 Å². The van der Waals surface area contributed by atoms with Gasteiger partial charge in [-0.25, -0.2) is 14.8 Å². The SMILES string of the molecule is CCOC(=O)c1cc(S(C)(C)C)nn1Cc1cc(OC)c(OC)c(OC)c1. The molecule has 0 saturated carbocycles. The second-order valence-corrected chi connectivity index (χ2v) is 10.7. The first-order valence-electron chi connectivity index (χ1n) is 8.47. The van der Waals surface area contributed by atoms with E-state index in [0.29, 0.717) is 36.1 Å². The van der Waals surface area contributed by atoms with Crippen molar-refractivity contribution in [3.63, 3.8) is 0 Å². The van der Waals surface area contributed by atoms with Gasteiger partial charge in [0.05, 0.1) is 34.5 Å². The van der Waals surface area contributed by atoms with Crippen LogP contribution in [0.4, 0.5) is 0 Å². The molecule has 27 heavy (non-hydrogen) atoms. The van der Waals surface area contributed by atoms with Crippen LogP contribution in [0.25, 0.3) is 0 Å². The molecule has 150 valence electrons. The van der Waals surface area contributed by atoms with Crippen molar-refractivity contribution in [2.75, 3.05) is 46.7 Å². The quantitative estimate of drug-likeness (QED) is 0.638. The maximum Gasteiger partial charge on any atom is 0.356 e. The lowest BCUT2D eigenvalue weighted by molar-refractivity contribution is 0.0512. The van der Waals surface area contributed by atoms with Gasteiger partial charge in [-0.05, 0) is 43.4 Å². The van der Waals surface area contributed by atoms with Gasteiger partial charge in [-0.15, -0.1) is 0 Å². The van der Waals surface area contributed by atoms with Gasteiger partial charge in [0.1, 0.15) is 10.7 Å². The Kier molecular flexibility index (Phi) is 6.64. The van der Waals surface area contributed by atoms with Crippen LogP contribution in [-0.2, 0) is 11.3 Å². The van der Waals surface area contributed by atoms with E-state index in [1.165, 1.54) is 0 Å². The number of benzene rings is 1. The number of carbonyl (C=O) groups is 1. The van der Waals surface area contributed by atoms with Crippen LogP contribution in [0.15, 0.2) is 23.2 Å². The van der Waals surface area contributed by atoms with Gasteiger partial charge in [0.25, 0.3) is 0 Å². The van der Waals surface area contributed by atoms with E-state index < -0.39 is 10.0 Å². The normalized spacial score (nSPS) is 11.8. The minimum Gasteiger partial charge on any atom is -0.493 e. The van der Waals surface area contributed by atoms with Crippen molar-refractivity contribution in [3.8, 4) is 17.2 Å². The molecule has 1 aromatic carbocycles. The van der Waals surface area contributed by atoms with E-state index in [0.717, 1.165) is 10.6 Å². The highest BCUT2D eigenvalue weighted by Gasteiger charge is 2.22. The highest BCUT2D eigenvalue weighted by molar-refractivity contribution is 8.32. The molecule has 2 rings (SSSR count). The fourth-order valence-corrected chi connectivity index (χ4v) is 3.39. The van der Waals surface area contributed by atoms with Gasteiger partial charge in [0.15, 0.2) is 11.5 Å². The maximum atomic E-state index is 12.4. The molecule has 0 bridgehead atoms. The average molecular weight is 397 g/mol. The summed E-state index contributed by atoms with van der Waals surface area (Å²) in [5, 5.41) is 5.57. The van der Waals surface area contributed by atoms with Crippen LogP contribution in [0.3, 0.4) is 0 Å². The summed E-state index contributed by atoms with van der Waals surface area (Å²) >= 11 is 0. The Morgan fingerprint density at radius 1 is 1.04 bits per heavy atom. The maximum absolute atomic E-state index is 12.4. The van der Waals surface area contributed by atoms with Gasteiger partial charge < -0.3 is 18.9 Å². The Hall–Kier alpha value is -2.35. The molecule has 0 aliphatic carbocycles. The van der Waals surface area contributed by atoms with Crippen LogP contribution in [0.5, 0.6) is 17.2 Å². The lowest BCUT2D eigenvalue weighted by Gasteiger charge is -2.21. The van der Waals surface area contributed by atoms with Crippen molar-refractivity contribution in [1.82, 2.24) is 9.78 Å². The summed E-state index contributed by atoms with van der Waals surface area (Å²) in [7, 11) is 3.61. The molecule has 0 fully saturated rings. The standard InChI is InChI=1S/C19H28N2O5S/c1-8-26-19(22)14-11-17(27(5,6)7)20-21(14)12-13-9-15(23-2)18(25-4)16(10-13)24-3/h9-11H,8,12H2,1-7H3. The zero-order valence-corrected chi connectivity index (χ0v) is 17.8.